The van der Waals surface area contributed by atoms with Crippen LogP contribution in [0.1, 0.15) is 56.7 Å². The summed E-state index contributed by atoms with van der Waals surface area (Å²) in [5.41, 5.74) is 3.06. The highest BCUT2D eigenvalue weighted by Crippen LogP contribution is 2.32. The molecule has 2 aliphatic heterocycles. The largest absolute Gasteiger partial charge is 0.493 e. The molecule has 0 bridgehead atoms. The van der Waals surface area contributed by atoms with Crippen LogP contribution >= 0.6 is 0 Å². The normalized spacial score (nSPS) is 18.5. The van der Waals surface area contributed by atoms with E-state index in [1.54, 1.807) is 0 Å². The van der Waals surface area contributed by atoms with E-state index in [-0.39, 0.29) is 5.92 Å². The highest BCUT2D eigenvalue weighted by molar-refractivity contribution is 5.88. The van der Waals surface area contributed by atoms with Crippen LogP contribution in [0.25, 0.3) is 17.0 Å². The molecule has 4 rings (SSSR count). The number of hydrogen-bond donors (Lipinski definition) is 0. The molecule has 0 aliphatic carbocycles. The Morgan fingerprint density at radius 2 is 1.94 bits per heavy atom. The molecule has 0 atom stereocenters. The molecule has 5 nitrogen and oxygen atoms in total. The average Bonchev–Trinajstić information content (AvgIpc) is 2.85. The van der Waals surface area contributed by atoms with Crippen molar-refractivity contribution >= 4 is 22.9 Å². The molecule has 0 saturated carbocycles. The van der Waals surface area contributed by atoms with Crippen molar-refractivity contribution < 1.29 is 14.3 Å². The number of amides is 1. The molecule has 2 aromatic rings. The van der Waals surface area contributed by atoms with Crippen LogP contribution in [-0.2, 0) is 9.53 Å². The van der Waals surface area contributed by atoms with Crippen LogP contribution in [-0.4, -0.2) is 48.7 Å². The van der Waals surface area contributed by atoms with E-state index in [1.807, 2.05) is 12.1 Å². The molecule has 32 heavy (non-hydrogen) atoms. The van der Waals surface area contributed by atoms with Crippen molar-refractivity contribution in [2.75, 3.05) is 32.9 Å². The Labute approximate surface area is 191 Å². The van der Waals surface area contributed by atoms with Gasteiger partial charge in [-0.1, -0.05) is 31.6 Å². The van der Waals surface area contributed by atoms with Gasteiger partial charge in [-0.05, 0) is 63.2 Å². The predicted octanol–water partition coefficient (Wildman–Crippen LogP) is 5.40. The quantitative estimate of drug-likeness (QED) is 0.545. The van der Waals surface area contributed by atoms with Gasteiger partial charge in [0.15, 0.2) is 0 Å². The summed E-state index contributed by atoms with van der Waals surface area (Å²) in [5.74, 6) is 1.93. The van der Waals surface area contributed by atoms with Crippen LogP contribution in [0.15, 0.2) is 30.3 Å². The topological polar surface area (TPSA) is 51.7 Å². The molecule has 0 radical (unpaired) electrons. The lowest BCUT2D eigenvalue weighted by Crippen LogP contribution is -2.42. The maximum absolute atomic E-state index is 12.8. The van der Waals surface area contributed by atoms with Crippen molar-refractivity contribution in [2.45, 2.75) is 52.4 Å². The monoisotopic (exact) mass is 436 g/mol. The lowest BCUT2D eigenvalue weighted by Gasteiger charge is -2.34. The Kier molecular flexibility index (Phi) is 7.80. The van der Waals surface area contributed by atoms with Gasteiger partial charge in [0, 0.05) is 43.2 Å². The Morgan fingerprint density at radius 3 is 2.69 bits per heavy atom. The molecule has 0 spiro atoms. The maximum atomic E-state index is 12.8. The number of nitrogens with zero attached hydrogens (tertiary/aromatic N) is 2. The lowest BCUT2D eigenvalue weighted by molar-refractivity contribution is -0.139. The standard InChI is InChI=1S/C27H36N2O3/c1-3-4-17-32-26-20(2)24(28-25-8-6-5-7-23(25)26)10-9-21-11-15-29(16-12-21)27(30)22-13-18-31-19-14-22/h5-10,21-22H,3-4,11-19H2,1-2H3/b10-9+. The fourth-order valence-electron chi connectivity index (χ4n) is 4.70. The minimum Gasteiger partial charge on any atom is -0.493 e. The Hall–Kier alpha value is -2.40. The zero-order valence-corrected chi connectivity index (χ0v) is 19.5. The summed E-state index contributed by atoms with van der Waals surface area (Å²) in [5, 5.41) is 1.08. The van der Waals surface area contributed by atoms with Gasteiger partial charge >= 0.3 is 0 Å². The molecule has 1 amide bonds. The molecule has 0 unspecified atom stereocenters. The minimum absolute atomic E-state index is 0.159. The Balaban J connectivity index is 1.42. The van der Waals surface area contributed by atoms with Crippen molar-refractivity contribution in [1.82, 2.24) is 9.88 Å². The van der Waals surface area contributed by atoms with Crippen molar-refractivity contribution in [3.05, 3.63) is 41.6 Å². The van der Waals surface area contributed by atoms with Gasteiger partial charge in [0.25, 0.3) is 0 Å². The highest BCUT2D eigenvalue weighted by atomic mass is 16.5. The molecule has 1 aromatic heterocycles. The van der Waals surface area contributed by atoms with E-state index in [0.29, 0.717) is 11.8 Å². The third-order valence-corrected chi connectivity index (χ3v) is 6.81. The number of benzene rings is 1. The smallest absolute Gasteiger partial charge is 0.225 e. The first kappa shape index (κ1) is 22.8. The summed E-state index contributed by atoms with van der Waals surface area (Å²) in [7, 11) is 0. The minimum atomic E-state index is 0.159. The van der Waals surface area contributed by atoms with Crippen molar-refractivity contribution in [3.63, 3.8) is 0 Å². The second-order valence-electron chi connectivity index (χ2n) is 9.08. The SMILES string of the molecule is CCCCOc1c(C)c(/C=C/C2CCN(C(=O)C3CCOCC3)CC2)nc2ccccc12. The molecule has 2 fully saturated rings. The number of ether oxygens (including phenoxy) is 2. The number of piperidine rings is 1. The van der Waals surface area contributed by atoms with Crippen molar-refractivity contribution in [3.8, 4) is 5.75 Å². The molecule has 1 aromatic carbocycles. The molecular weight excluding hydrogens is 400 g/mol. The summed E-state index contributed by atoms with van der Waals surface area (Å²) in [6.45, 7) is 8.15. The van der Waals surface area contributed by atoms with Gasteiger partial charge in [-0.2, -0.15) is 0 Å². The van der Waals surface area contributed by atoms with E-state index in [2.05, 4.69) is 43.0 Å². The van der Waals surface area contributed by atoms with E-state index in [0.717, 1.165) is 99.3 Å². The van der Waals surface area contributed by atoms with E-state index in [4.69, 9.17) is 14.5 Å². The van der Waals surface area contributed by atoms with Gasteiger partial charge in [-0.15, -0.1) is 0 Å². The number of pyridine rings is 1. The van der Waals surface area contributed by atoms with Crippen LogP contribution in [0.3, 0.4) is 0 Å². The number of likely N-dealkylation sites (tertiary alicyclic amines) is 1. The molecule has 5 heteroatoms. The van der Waals surface area contributed by atoms with Gasteiger partial charge in [0.2, 0.25) is 5.91 Å². The highest BCUT2D eigenvalue weighted by Gasteiger charge is 2.28. The van der Waals surface area contributed by atoms with E-state index >= 15 is 0 Å². The van der Waals surface area contributed by atoms with Crippen LogP contribution in [0.2, 0.25) is 0 Å². The van der Waals surface area contributed by atoms with Crippen molar-refractivity contribution in [2.24, 2.45) is 11.8 Å². The van der Waals surface area contributed by atoms with E-state index in [1.165, 1.54) is 0 Å². The zero-order chi connectivity index (χ0) is 22.3. The predicted molar refractivity (Wildman–Crippen MR) is 129 cm³/mol. The fourth-order valence-corrected chi connectivity index (χ4v) is 4.70. The molecule has 2 saturated heterocycles. The summed E-state index contributed by atoms with van der Waals surface area (Å²) in [4.78, 5) is 19.8. The number of para-hydroxylation sites is 1. The summed E-state index contributed by atoms with van der Waals surface area (Å²) < 4.78 is 11.6. The number of unbranched alkanes of at least 4 members (excludes halogenated alkanes) is 1. The molecular formula is C27H36N2O3. The number of carbonyl (C=O) groups is 1. The lowest BCUT2D eigenvalue weighted by atomic mass is 9.93. The molecule has 2 aliphatic rings. The molecule has 0 N–H and O–H groups in total. The zero-order valence-electron chi connectivity index (χ0n) is 19.5. The van der Waals surface area contributed by atoms with Crippen LogP contribution in [0, 0.1) is 18.8 Å². The fraction of sp³-hybridized carbons (Fsp3) is 0.556. The first-order valence-corrected chi connectivity index (χ1v) is 12.2. The third-order valence-electron chi connectivity index (χ3n) is 6.81. The van der Waals surface area contributed by atoms with Gasteiger partial charge in [-0.25, -0.2) is 4.98 Å². The van der Waals surface area contributed by atoms with Gasteiger partial charge in [0.05, 0.1) is 17.8 Å². The van der Waals surface area contributed by atoms with Crippen LogP contribution in [0.5, 0.6) is 5.75 Å². The summed E-state index contributed by atoms with van der Waals surface area (Å²) in [6.07, 6.45) is 10.4. The maximum Gasteiger partial charge on any atom is 0.225 e. The van der Waals surface area contributed by atoms with Crippen molar-refractivity contribution in [1.29, 1.82) is 0 Å². The van der Waals surface area contributed by atoms with Gasteiger partial charge in [0.1, 0.15) is 5.75 Å². The molecule has 172 valence electrons. The van der Waals surface area contributed by atoms with Gasteiger partial charge < -0.3 is 14.4 Å². The summed E-state index contributed by atoms with van der Waals surface area (Å²) in [6, 6.07) is 8.22. The number of rotatable bonds is 7. The Bertz CT molecular complexity index is 941. The average molecular weight is 437 g/mol. The second kappa shape index (κ2) is 11.0. The summed E-state index contributed by atoms with van der Waals surface area (Å²) >= 11 is 0. The van der Waals surface area contributed by atoms with Crippen LogP contribution in [0.4, 0.5) is 0 Å². The number of allylic oxidation sites excluding steroid dienone is 1. The van der Waals surface area contributed by atoms with E-state index < -0.39 is 0 Å². The Morgan fingerprint density at radius 1 is 1.19 bits per heavy atom. The third kappa shape index (κ3) is 5.32. The van der Waals surface area contributed by atoms with E-state index in [9.17, 15) is 4.79 Å². The number of aromatic nitrogens is 1. The number of hydrogen-bond acceptors (Lipinski definition) is 4. The van der Waals surface area contributed by atoms with Gasteiger partial charge in [-0.3, -0.25) is 4.79 Å². The second-order valence-corrected chi connectivity index (χ2v) is 9.08. The molecule has 3 heterocycles. The van der Waals surface area contributed by atoms with Crippen LogP contribution < -0.4 is 4.74 Å². The first-order chi connectivity index (χ1) is 15.7. The number of fused-ring (bicyclic) bond motifs is 1. The first-order valence-electron chi connectivity index (χ1n) is 12.2. The number of carbonyl (C=O) groups excluding carboxylic acids is 1.